The summed E-state index contributed by atoms with van der Waals surface area (Å²) in [5.41, 5.74) is 0. The van der Waals surface area contributed by atoms with E-state index >= 15 is 0 Å². The largest absolute Gasteiger partial charge is 0.392 e. The fraction of sp³-hybridized carbons (Fsp3) is 0.812. The molecule has 120 valence electrons. The van der Waals surface area contributed by atoms with Crippen molar-refractivity contribution >= 4 is 0 Å². The van der Waals surface area contributed by atoms with E-state index in [0.717, 1.165) is 25.7 Å². The number of allylic oxidation sites excluding steroid dienone is 1. The van der Waals surface area contributed by atoms with Crippen LogP contribution in [-0.2, 0) is 14.2 Å². The van der Waals surface area contributed by atoms with Crippen molar-refractivity contribution in [3.63, 3.8) is 0 Å². The van der Waals surface area contributed by atoms with E-state index in [1.807, 2.05) is 13.0 Å². The smallest absolute Gasteiger partial charge is 0.157 e. The van der Waals surface area contributed by atoms with Crippen molar-refractivity contribution in [2.75, 3.05) is 20.5 Å². The molecule has 0 aromatic carbocycles. The van der Waals surface area contributed by atoms with Crippen molar-refractivity contribution in [3.8, 4) is 6.07 Å². The van der Waals surface area contributed by atoms with E-state index in [2.05, 4.69) is 6.07 Å². The second kappa shape index (κ2) is 10.7. The van der Waals surface area contributed by atoms with Crippen LogP contribution in [0.4, 0.5) is 0 Å². The Morgan fingerprint density at radius 2 is 2.19 bits per heavy atom. The van der Waals surface area contributed by atoms with Gasteiger partial charge in [-0.25, -0.2) is 0 Å². The molecule has 5 heteroatoms. The van der Waals surface area contributed by atoms with Crippen LogP contribution in [0.5, 0.6) is 0 Å². The third-order valence-electron chi connectivity index (χ3n) is 4.11. The minimum absolute atomic E-state index is 0.0783. The molecule has 1 saturated carbocycles. The first kappa shape index (κ1) is 18.1. The van der Waals surface area contributed by atoms with Crippen molar-refractivity contribution in [1.82, 2.24) is 0 Å². The Morgan fingerprint density at radius 3 is 2.86 bits per heavy atom. The van der Waals surface area contributed by atoms with Crippen LogP contribution in [0.25, 0.3) is 0 Å². The van der Waals surface area contributed by atoms with Gasteiger partial charge in [-0.2, -0.15) is 5.26 Å². The normalized spacial score (nSPS) is 27.0. The van der Waals surface area contributed by atoms with Crippen molar-refractivity contribution in [1.29, 1.82) is 5.26 Å². The molecule has 1 aliphatic carbocycles. The number of nitrogens with zero attached hydrogens (tertiary/aromatic N) is 1. The van der Waals surface area contributed by atoms with Crippen LogP contribution in [0.2, 0.25) is 0 Å². The van der Waals surface area contributed by atoms with Gasteiger partial charge in [-0.05, 0) is 44.4 Å². The third kappa shape index (κ3) is 6.58. The number of rotatable bonds is 10. The van der Waals surface area contributed by atoms with Crippen LogP contribution >= 0.6 is 0 Å². The van der Waals surface area contributed by atoms with Crippen LogP contribution in [-0.4, -0.2) is 38.0 Å². The van der Waals surface area contributed by atoms with E-state index in [1.165, 1.54) is 0 Å². The lowest BCUT2D eigenvalue weighted by atomic mass is 9.88. The number of ether oxygens (including phenoxy) is 3. The number of hydrogen-bond acceptors (Lipinski definition) is 5. The zero-order chi connectivity index (χ0) is 15.5. The van der Waals surface area contributed by atoms with Crippen molar-refractivity contribution in [2.24, 2.45) is 11.8 Å². The molecule has 0 radical (unpaired) electrons. The third-order valence-corrected chi connectivity index (χ3v) is 4.11. The molecular weight excluding hydrogens is 270 g/mol. The summed E-state index contributed by atoms with van der Waals surface area (Å²) in [6, 6.07) is 2.28. The average Bonchev–Trinajstić information content (AvgIpc) is 2.86. The highest BCUT2D eigenvalue weighted by Gasteiger charge is 2.36. The Balaban J connectivity index is 2.43. The highest BCUT2D eigenvalue weighted by atomic mass is 16.7. The van der Waals surface area contributed by atoms with Gasteiger partial charge in [-0.1, -0.05) is 12.2 Å². The number of aliphatic hydroxyl groups is 1. The summed E-state index contributed by atoms with van der Waals surface area (Å²) < 4.78 is 16.2. The molecule has 0 heterocycles. The van der Waals surface area contributed by atoms with Crippen LogP contribution < -0.4 is 0 Å². The van der Waals surface area contributed by atoms with E-state index in [0.29, 0.717) is 18.3 Å². The Bertz CT molecular complexity index is 340. The zero-order valence-corrected chi connectivity index (χ0v) is 13.0. The first-order valence-corrected chi connectivity index (χ1v) is 7.61. The molecule has 0 aromatic heterocycles. The van der Waals surface area contributed by atoms with Crippen LogP contribution in [0, 0.1) is 23.2 Å². The van der Waals surface area contributed by atoms with Crippen molar-refractivity contribution < 1.29 is 19.3 Å². The standard InChI is InChI=1S/C16H27NO4/c1-13(19-2)20-12-21-16-8-7-14(9-10-17)15(16)6-4-3-5-11-18/h3,5,13-16,18H,4,6-9,11-12H2,1-2H3/b5-3-/t13?,14-,15+,16-/m1/s1. The van der Waals surface area contributed by atoms with E-state index in [9.17, 15) is 0 Å². The van der Waals surface area contributed by atoms with E-state index < -0.39 is 0 Å². The number of hydrogen-bond donors (Lipinski definition) is 1. The lowest BCUT2D eigenvalue weighted by Gasteiger charge is -2.24. The minimum Gasteiger partial charge on any atom is -0.392 e. The predicted octanol–water partition coefficient (Wildman–Crippen LogP) is 2.61. The lowest BCUT2D eigenvalue weighted by molar-refractivity contribution is -0.192. The molecule has 5 nitrogen and oxygen atoms in total. The fourth-order valence-electron chi connectivity index (χ4n) is 2.88. The summed E-state index contributed by atoms with van der Waals surface area (Å²) in [5, 5.41) is 17.7. The van der Waals surface area contributed by atoms with Gasteiger partial charge < -0.3 is 19.3 Å². The summed E-state index contributed by atoms with van der Waals surface area (Å²) in [4.78, 5) is 0. The molecule has 1 unspecified atom stereocenters. The second-order valence-corrected chi connectivity index (χ2v) is 5.39. The maximum Gasteiger partial charge on any atom is 0.157 e. The molecule has 1 fully saturated rings. The van der Waals surface area contributed by atoms with Crippen LogP contribution in [0.1, 0.15) is 39.0 Å². The first-order valence-electron chi connectivity index (χ1n) is 7.61. The molecular formula is C16H27NO4. The molecule has 1 rings (SSSR count). The van der Waals surface area contributed by atoms with Gasteiger partial charge in [0.2, 0.25) is 0 Å². The zero-order valence-electron chi connectivity index (χ0n) is 13.0. The Labute approximate surface area is 127 Å². The van der Waals surface area contributed by atoms with Gasteiger partial charge in [-0.15, -0.1) is 0 Å². The molecule has 1 N–H and O–H groups in total. The summed E-state index contributed by atoms with van der Waals surface area (Å²) in [5.74, 6) is 0.789. The SMILES string of the molecule is COC(C)OCO[C@@H]1CC[C@H](CC#N)[C@@H]1CC/C=C\CO. The van der Waals surface area contributed by atoms with Gasteiger partial charge in [0.25, 0.3) is 0 Å². The molecule has 0 aliphatic heterocycles. The number of aliphatic hydroxyl groups excluding tert-OH is 1. The quantitative estimate of drug-likeness (QED) is 0.496. The van der Waals surface area contributed by atoms with Gasteiger partial charge in [0.1, 0.15) is 6.79 Å². The lowest BCUT2D eigenvalue weighted by Crippen LogP contribution is -2.25. The Hall–Kier alpha value is -0.930. The molecule has 0 saturated heterocycles. The maximum atomic E-state index is 8.94. The van der Waals surface area contributed by atoms with Gasteiger partial charge >= 0.3 is 0 Å². The van der Waals surface area contributed by atoms with Gasteiger partial charge in [0, 0.05) is 13.5 Å². The molecule has 21 heavy (non-hydrogen) atoms. The summed E-state index contributed by atoms with van der Waals surface area (Å²) in [7, 11) is 1.60. The molecule has 0 amide bonds. The first-order chi connectivity index (χ1) is 10.2. The molecule has 0 aromatic rings. The summed E-state index contributed by atoms with van der Waals surface area (Å²) in [6.07, 6.45) is 8.11. The van der Waals surface area contributed by atoms with Gasteiger partial charge in [0.05, 0.1) is 18.8 Å². The highest BCUT2D eigenvalue weighted by molar-refractivity contribution is 4.92. The topological polar surface area (TPSA) is 71.7 Å². The van der Waals surface area contributed by atoms with Crippen LogP contribution in [0.15, 0.2) is 12.2 Å². The molecule has 0 bridgehead atoms. The number of methoxy groups -OCH3 is 1. The van der Waals surface area contributed by atoms with Gasteiger partial charge in [-0.3, -0.25) is 0 Å². The number of nitriles is 1. The highest BCUT2D eigenvalue weighted by Crippen LogP contribution is 2.39. The Morgan fingerprint density at radius 1 is 1.38 bits per heavy atom. The monoisotopic (exact) mass is 297 g/mol. The predicted molar refractivity (Wildman–Crippen MR) is 79.2 cm³/mol. The molecule has 1 aliphatic rings. The summed E-state index contributed by atoms with van der Waals surface area (Å²) >= 11 is 0. The minimum atomic E-state index is -0.271. The maximum absolute atomic E-state index is 8.94. The van der Waals surface area contributed by atoms with E-state index in [-0.39, 0.29) is 25.8 Å². The molecule has 0 spiro atoms. The van der Waals surface area contributed by atoms with Gasteiger partial charge in [0.15, 0.2) is 6.29 Å². The van der Waals surface area contributed by atoms with Crippen molar-refractivity contribution in [2.45, 2.75) is 51.4 Å². The van der Waals surface area contributed by atoms with Crippen molar-refractivity contribution in [3.05, 3.63) is 12.2 Å². The Kier molecular flexibility index (Phi) is 9.27. The summed E-state index contributed by atoms with van der Waals surface area (Å²) in [6.45, 7) is 2.13. The average molecular weight is 297 g/mol. The fourth-order valence-corrected chi connectivity index (χ4v) is 2.88. The van der Waals surface area contributed by atoms with E-state index in [4.69, 9.17) is 24.6 Å². The van der Waals surface area contributed by atoms with E-state index in [1.54, 1.807) is 13.2 Å². The van der Waals surface area contributed by atoms with Crippen LogP contribution in [0.3, 0.4) is 0 Å². The second-order valence-electron chi connectivity index (χ2n) is 5.39. The molecule has 4 atom stereocenters.